The molecule has 426 valence electrons. The Bertz CT molecular complexity index is 1480. The van der Waals surface area contributed by atoms with E-state index in [9.17, 15) is 30.3 Å². The number of hydrogen-bond acceptors (Lipinski definition) is 8. The lowest BCUT2D eigenvalue weighted by atomic mass is 9.99. The predicted octanol–water partition coefficient (Wildman–Crippen LogP) is 15.6. The second kappa shape index (κ2) is 53.5. The quantitative estimate of drug-likeness (QED) is 0.0261. The van der Waals surface area contributed by atoms with Crippen molar-refractivity contribution in [3.8, 4) is 0 Å². The molecule has 1 aliphatic heterocycles. The van der Waals surface area contributed by atoms with Gasteiger partial charge in [-0.2, -0.15) is 0 Å². The van der Waals surface area contributed by atoms with Gasteiger partial charge in [-0.05, 0) is 70.6 Å². The van der Waals surface area contributed by atoms with Gasteiger partial charge in [-0.15, -0.1) is 0 Å². The Balaban J connectivity index is 2.23. The van der Waals surface area contributed by atoms with Crippen molar-refractivity contribution >= 4 is 5.91 Å². The summed E-state index contributed by atoms with van der Waals surface area (Å²) in [4.78, 5) is 13.0. The Hall–Kier alpha value is -2.89. The van der Waals surface area contributed by atoms with Crippen molar-refractivity contribution < 1.29 is 39.8 Å². The molecule has 1 fully saturated rings. The molecule has 0 saturated carbocycles. The van der Waals surface area contributed by atoms with Gasteiger partial charge >= 0.3 is 0 Å². The van der Waals surface area contributed by atoms with E-state index in [1.165, 1.54) is 167 Å². The van der Waals surface area contributed by atoms with Gasteiger partial charge in [0.15, 0.2) is 6.29 Å². The van der Waals surface area contributed by atoms with E-state index in [4.69, 9.17) is 9.47 Å². The van der Waals surface area contributed by atoms with Crippen molar-refractivity contribution in [1.82, 2.24) is 5.32 Å². The molecule has 6 N–H and O–H groups in total. The molecule has 0 aliphatic carbocycles. The first-order chi connectivity index (χ1) is 36.3. The summed E-state index contributed by atoms with van der Waals surface area (Å²) in [6.07, 6.45) is 70.9. The summed E-state index contributed by atoms with van der Waals surface area (Å²) in [5, 5.41) is 54.4. The van der Waals surface area contributed by atoms with Crippen LogP contribution in [0.25, 0.3) is 0 Å². The van der Waals surface area contributed by atoms with Crippen LogP contribution in [0.3, 0.4) is 0 Å². The maximum absolute atomic E-state index is 13.0. The topological polar surface area (TPSA) is 149 Å². The highest BCUT2D eigenvalue weighted by atomic mass is 16.7. The van der Waals surface area contributed by atoms with E-state index >= 15 is 0 Å². The zero-order valence-corrected chi connectivity index (χ0v) is 47.3. The number of ether oxygens (including phenoxy) is 2. The average molecular weight is 1040 g/mol. The highest BCUT2D eigenvalue weighted by Crippen LogP contribution is 2.23. The first-order valence-corrected chi connectivity index (χ1v) is 30.5. The van der Waals surface area contributed by atoms with Gasteiger partial charge in [0, 0.05) is 6.42 Å². The van der Waals surface area contributed by atoms with Crippen LogP contribution in [0.1, 0.15) is 251 Å². The first kappa shape index (κ1) is 69.1. The third-order valence-corrected chi connectivity index (χ3v) is 13.9. The number of nitrogens with one attached hydrogen (secondary N) is 1. The van der Waals surface area contributed by atoms with Crippen LogP contribution in [0.2, 0.25) is 0 Å². The third kappa shape index (κ3) is 42.2. The molecule has 1 amide bonds. The Morgan fingerprint density at radius 1 is 0.473 bits per heavy atom. The summed E-state index contributed by atoms with van der Waals surface area (Å²) in [7, 11) is 0. The maximum Gasteiger partial charge on any atom is 0.220 e. The van der Waals surface area contributed by atoms with Crippen molar-refractivity contribution in [2.24, 2.45) is 0 Å². The van der Waals surface area contributed by atoms with Gasteiger partial charge in [0.05, 0.1) is 25.4 Å². The van der Waals surface area contributed by atoms with E-state index in [-0.39, 0.29) is 18.9 Å². The van der Waals surface area contributed by atoms with Gasteiger partial charge in [0.25, 0.3) is 0 Å². The smallest absolute Gasteiger partial charge is 0.220 e. The number of amides is 1. The normalized spacial score (nSPS) is 19.7. The predicted molar refractivity (Wildman–Crippen MR) is 313 cm³/mol. The molecule has 1 heterocycles. The molecule has 0 radical (unpaired) electrons. The highest BCUT2D eigenvalue weighted by Gasteiger charge is 2.44. The zero-order chi connectivity index (χ0) is 53.6. The molecular formula is C65H113NO8. The van der Waals surface area contributed by atoms with Crippen LogP contribution in [0.4, 0.5) is 0 Å². The summed E-state index contributed by atoms with van der Waals surface area (Å²) in [5.74, 6) is -0.270. The van der Waals surface area contributed by atoms with Crippen LogP contribution >= 0.6 is 0 Å². The molecule has 74 heavy (non-hydrogen) atoms. The number of rotatable bonds is 51. The molecule has 7 unspecified atom stereocenters. The molecule has 0 spiro atoms. The van der Waals surface area contributed by atoms with Gasteiger partial charge in [-0.25, -0.2) is 0 Å². The van der Waals surface area contributed by atoms with Gasteiger partial charge < -0.3 is 40.3 Å². The fourth-order valence-corrected chi connectivity index (χ4v) is 9.14. The van der Waals surface area contributed by atoms with Gasteiger partial charge in [-0.1, -0.05) is 272 Å². The number of aliphatic hydroxyl groups excluding tert-OH is 5. The number of carbonyl (C=O) groups is 1. The molecule has 1 aliphatic rings. The molecule has 7 atom stereocenters. The van der Waals surface area contributed by atoms with Gasteiger partial charge in [0.1, 0.15) is 24.4 Å². The molecule has 9 nitrogen and oxygen atoms in total. The molecule has 0 aromatic heterocycles. The fourth-order valence-electron chi connectivity index (χ4n) is 9.14. The lowest BCUT2D eigenvalue weighted by Gasteiger charge is -2.40. The molecule has 0 aromatic carbocycles. The molecule has 0 aromatic rings. The number of hydrogen-bond donors (Lipinski definition) is 6. The van der Waals surface area contributed by atoms with Crippen molar-refractivity contribution in [2.45, 2.75) is 294 Å². The number of allylic oxidation sites excluding steroid dienone is 15. The standard InChI is InChI=1S/C65H113NO8/c1-3-5-7-9-11-13-15-17-19-21-23-24-25-26-27-28-29-30-31-32-33-34-35-37-38-40-42-44-46-48-50-52-54-59(68)58(57-73-65-64(72)63(71)62(70)60(56-67)74-65)66-61(69)55-53-51-49-47-45-43-41-39-36-22-20-18-16-14-12-10-8-6-4-2/h6,8,12,14,18,20,36,39,43-46,49,51-52,54,58-60,62-65,67-68,70-72H,3-5,7,9-11,13,15-17,19,21-35,37-38,40-42,47-48,50,53,55-57H2,1-2H3,(H,66,69)/b8-6-,14-12-,20-18-,39-36-,45-43-,46-44+,51-49-,54-52+. The van der Waals surface area contributed by atoms with Gasteiger partial charge in [0.2, 0.25) is 5.91 Å². The minimum atomic E-state index is -1.59. The van der Waals surface area contributed by atoms with Crippen LogP contribution in [-0.4, -0.2) is 87.5 Å². The minimum absolute atomic E-state index is 0.208. The second-order valence-electron chi connectivity index (χ2n) is 20.8. The Morgan fingerprint density at radius 2 is 0.851 bits per heavy atom. The van der Waals surface area contributed by atoms with Crippen molar-refractivity contribution in [3.05, 3.63) is 97.2 Å². The fraction of sp³-hybridized carbons (Fsp3) is 0.738. The van der Waals surface area contributed by atoms with Crippen molar-refractivity contribution in [1.29, 1.82) is 0 Å². The van der Waals surface area contributed by atoms with E-state index in [0.717, 1.165) is 57.8 Å². The number of aliphatic hydroxyl groups is 5. The van der Waals surface area contributed by atoms with Crippen LogP contribution < -0.4 is 5.32 Å². The Morgan fingerprint density at radius 3 is 1.28 bits per heavy atom. The molecule has 1 saturated heterocycles. The third-order valence-electron chi connectivity index (χ3n) is 13.9. The summed E-state index contributed by atoms with van der Waals surface area (Å²) in [6.45, 7) is 3.62. The maximum atomic E-state index is 13.0. The van der Waals surface area contributed by atoms with E-state index in [2.05, 4.69) is 92.1 Å². The van der Waals surface area contributed by atoms with Crippen molar-refractivity contribution in [3.63, 3.8) is 0 Å². The monoisotopic (exact) mass is 1040 g/mol. The van der Waals surface area contributed by atoms with Gasteiger partial charge in [-0.3, -0.25) is 4.79 Å². The van der Waals surface area contributed by atoms with Crippen LogP contribution in [0.5, 0.6) is 0 Å². The Labute approximate surface area is 453 Å². The second-order valence-corrected chi connectivity index (χ2v) is 20.8. The van der Waals surface area contributed by atoms with Crippen molar-refractivity contribution in [2.75, 3.05) is 13.2 Å². The summed E-state index contributed by atoms with van der Waals surface area (Å²) in [5.41, 5.74) is 0. The largest absolute Gasteiger partial charge is 0.394 e. The lowest BCUT2D eigenvalue weighted by molar-refractivity contribution is -0.302. The summed E-state index contributed by atoms with van der Waals surface area (Å²) in [6, 6.07) is -0.870. The molecular weight excluding hydrogens is 923 g/mol. The SMILES string of the molecule is CC/C=C\C/C=C\C/C=C\C/C=C\C/C=C\C/C=C\CCC(=O)NC(COC1OC(CO)C(O)C(O)C1O)C(O)/C=C/CC/C=C/CCCCCCCCCCCCCCCCCCCCCCCCCCCC. The van der Waals surface area contributed by atoms with E-state index < -0.39 is 49.5 Å². The van der Waals surface area contributed by atoms with Crippen LogP contribution in [0.15, 0.2) is 97.2 Å². The summed E-state index contributed by atoms with van der Waals surface area (Å²) < 4.78 is 11.2. The Kier molecular flexibility index (Phi) is 50.0. The summed E-state index contributed by atoms with van der Waals surface area (Å²) >= 11 is 0. The first-order valence-electron chi connectivity index (χ1n) is 30.5. The molecule has 1 rings (SSSR count). The van der Waals surface area contributed by atoms with Crippen LogP contribution in [-0.2, 0) is 14.3 Å². The van der Waals surface area contributed by atoms with E-state index in [1.54, 1.807) is 6.08 Å². The zero-order valence-electron chi connectivity index (χ0n) is 47.3. The number of carbonyl (C=O) groups excluding carboxylic acids is 1. The van der Waals surface area contributed by atoms with Crippen LogP contribution in [0, 0.1) is 0 Å². The highest BCUT2D eigenvalue weighted by molar-refractivity contribution is 5.76. The minimum Gasteiger partial charge on any atom is -0.394 e. The average Bonchev–Trinajstić information content (AvgIpc) is 3.40. The molecule has 9 heteroatoms. The van der Waals surface area contributed by atoms with E-state index in [1.807, 2.05) is 18.2 Å². The lowest BCUT2D eigenvalue weighted by Crippen LogP contribution is -2.60. The number of unbranched alkanes of at least 4 members (excludes halogenated alkanes) is 27. The molecule has 0 bridgehead atoms. The van der Waals surface area contributed by atoms with E-state index in [0.29, 0.717) is 6.42 Å².